The van der Waals surface area contributed by atoms with E-state index in [1.807, 2.05) is 0 Å². The van der Waals surface area contributed by atoms with Crippen LogP contribution in [0.25, 0.3) is 0 Å². The number of ether oxygens (including phenoxy) is 1. The minimum Gasteiger partial charge on any atom is -0.510 e. The van der Waals surface area contributed by atoms with E-state index in [0.717, 1.165) is 16.7 Å². The van der Waals surface area contributed by atoms with Gasteiger partial charge in [-0.15, -0.1) is 0 Å². The summed E-state index contributed by atoms with van der Waals surface area (Å²) in [5, 5.41) is 10.9. The van der Waals surface area contributed by atoms with Crippen molar-refractivity contribution in [3.05, 3.63) is 58.8 Å². The van der Waals surface area contributed by atoms with Gasteiger partial charge in [0.25, 0.3) is 0 Å². The fraction of sp³-hybridized carbons (Fsp3) is 0.316. The van der Waals surface area contributed by atoms with E-state index >= 15 is 0 Å². The van der Waals surface area contributed by atoms with Crippen molar-refractivity contribution in [1.82, 2.24) is 5.01 Å². The summed E-state index contributed by atoms with van der Waals surface area (Å²) in [4.78, 5) is 27.0. The van der Waals surface area contributed by atoms with Crippen LogP contribution in [0.5, 0.6) is 0 Å². The predicted molar refractivity (Wildman–Crippen MR) is 119 cm³/mol. The molecular weight excluding hydrogens is 494 g/mol. The number of hydrazine groups is 1. The number of allylic oxidation sites excluding steroid dienone is 5. The molecule has 0 rings (SSSR count). The molecule has 0 aromatic rings. The van der Waals surface area contributed by atoms with E-state index in [-0.39, 0.29) is 31.4 Å². The molecule has 0 saturated heterocycles. The smallest absolute Gasteiger partial charge is 0.334 e. The van der Waals surface area contributed by atoms with E-state index in [1.165, 1.54) is 6.92 Å². The minimum atomic E-state index is -0.647. The van der Waals surface area contributed by atoms with Crippen LogP contribution in [0.4, 0.5) is 0 Å². The highest BCUT2D eigenvalue weighted by Crippen LogP contribution is 2.25. The number of esters is 1. The monoisotopic (exact) mass is 517 g/mol. The van der Waals surface area contributed by atoms with Crippen molar-refractivity contribution in [2.24, 2.45) is 10.8 Å². The normalized spacial score (nSPS) is 13.5. The van der Waals surface area contributed by atoms with E-state index in [9.17, 15) is 14.7 Å². The van der Waals surface area contributed by atoms with Crippen LogP contribution < -0.4 is 5.84 Å². The minimum absolute atomic E-state index is 0.123. The molecule has 0 unspecified atom stereocenters. The van der Waals surface area contributed by atoms with Crippen molar-refractivity contribution >= 4 is 48.4 Å². The second-order valence-corrected chi connectivity index (χ2v) is 7.09. The van der Waals surface area contributed by atoms with Crippen LogP contribution in [0, 0.1) is 0 Å². The molecule has 0 fully saturated rings. The lowest BCUT2D eigenvalue weighted by molar-refractivity contribution is -0.137. The topological polar surface area (TPSA) is 105 Å². The van der Waals surface area contributed by atoms with Crippen LogP contribution in [0.3, 0.4) is 0 Å². The molecule has 0 spiro atoms. The predicted octanol–water partition coefficient (Wildman–Crippen LogP) is 3.84. The van der Waals surface area contributed by atoms with Crippen LogP contribution in [-0.4, -0.2) is 46.3 Å². The number of nitrogens with zero attached hydrogens (tertiary/aromatic N) is 2. The first-order chi connectivity index (χ1) is 13.2. The standard InChI is InChI=1S/C19H25Br2N3O4/c1-5-8-14(6-2)9-16(17(20)12-24(22)13(4)25)19(21)23-11-15(26)10-18(27)28-7-3/h5-6,8,10,26H,1-2,7,9,11-12,22H2,3-4H3/b14-8+,15-10-,17-16+,23-19?. The summed E-state index contributed by atoms with van der Waals surface area (Å²) < 4.78 is 5.76. The SMILES string of the molecule is C=C/C=C(\C=C)C/C(C(Br)=NC/C(O)=C/C(=O)OCC)=C(\Br)CN(N)C(C)=O. The molecular formula is C19H25Br2N3O4. The molecule has 0 aliphatic rings. The zero-order chi connectivity index (χ0) is 21.7. The number of halogens is 2. The molecule has 0 aliphatic carbocycles. The Labute approximate surface area is 182 Å². The van der Waals surface area contributed by atoms with Crippen molar-refractivity contribution < 1.29 is 19.4 Å². The van der Waals surface area contributed by atoms with E-state index < -0.39 is 5.97 Å². The molecule has 0 heterocycles. The average molecular weight is 519 g/mol. The molecule has 154 valence electrons. The van der Waals surface area contributed by atoms with Gasteiger partial charge < -0.3 is 9.84 Å². The first kappa shape index (κ1) is 26.0. The van der Waals surface area contributed by atoms with Gasteiger partial charge in [0.15, 0.2) is 0 Å². The lowest BCUT2D eigenvalue weighted by Gasteiger charge is -2.17. The Balaban J connectivity index is 5.73. The van der Waals surface area contributed by atoms with Crippen molar-refractivity contribution in [2.75, 3.05) is 19.7 Å². The zero-order valence-corrected chi connectivity index (χ0v) is 19.1. The van der Waals surface area contributed by atoms with Crippen LogP contribution >= 0.6 is 31.9 Å². The third-order valence-corrected chi connectivity index (χ3v) is 4.67. The number of amides is 1. The Kier molecular flexibility index (Phi) is 13.1. The lowest BCUT2D eigenvalue weighted by atomic mass is 10.1. The van der Waals surface area contributed by atoms with Crippen molar-refractivity contribution in [3.8, 4) is 0 Å². The molecule has 0 atom stereocenters. The molecule has 0 radical (unpaired) electrons. The Hall–Kier alpha value is -1.97. The number of carbonyl (C=O) groups excluding carboxylic acids is 2. The molecule has 9 heteroatoms. The van der Waals surface area contributed by atoms with Gasteiger partial charge in [0, 0.05) is 23.4 Å². The fourth-order valence-electron chi connectivity index (χ4n) is 1.80. The van der Waals surface area contributed by atoms with Gasteiger partial charge in [0.2, 0.25) is 5.91 Å². The summed E-state index contributed by atoms with van der Waals surface area (Å²) in [6.45, 7) is 10.6. The quantitative estimate of drug-likeness (QED) is 0.0631. The first-order valence-corrected chi connectivity index (χ1v) is 9.85. The maximum atomic E-state index is 11.4. The van der Waals surface area contributed by atoms with E-state index in [2.05, 4.69) is 50.0 Å². The summed E-state index contributed by atoms with van der Waals surface area (Å²) in [7, 11) is 0. The summed E-state index contributed by atoms with van der Waals surface area (Å²) in [6.07, 6.45) is 6.47. The van der Waals surface area contributed by atoms with Gasteiger partial charge in [-0.25, -0.2) is 10.6 Å². The highest BCUT2D eigenvalue weighted by atomic mass is 79.9. The van der Waals surface area contributed by atoms with Gasteiger partial charge in [-0.1, -0.05) is 47.3 Å². The molecule has 0 saturated carbocycles. The Bertz CT molecular complexity index is 725. The van der Waals surface area contributed by atoms with Crippen LogP contribution in [0.1, 0.15) is 20.3 Å². The van der Waals surface area contributed by atoms with Gasteiger partial charge in [-0.05, 0) is 28.4 Å². The summed E-state index contributed by atoms with van der Waals surface area (Å²) in [5.41, 5.74) is 1.54. The summed E-state index contributed by atoms with van der Waals surface area (Å²) in [5.74, 6) is 4.50. The number of aliphatic hydroxyl groups is 1. The molecule has 0 aliphatic heterocycles. The van der Waals surface area contributed by atoms with Crippen LogP contribution in [0.2, 0.25) is 0 Å². The van der Waals surface area contributed by atoms with Crippen molar-refractivity contribution in [1.29, 1.82) is 0 Å². The van der Waals surface area contributed by atoms with Gasteiger partial charge in [0.05, 0.1) is 25.8 Å². The molecule has 7 nitrogen and oxygen atoms in total. The Morgan fingerprint density at radius 2 is 1.96 bits per heavy atom. The summed E-state index contributed by atoms with van der Waals surface area (Å²) in [6, 6.07) is 0. The molecule has 3 N–H and O–H groups in total. The number of nitrogens with two attached hydrogens (primary N) is 1. The lowest BCUT2D eigenvalue weighted by Crippen LogP contribution is -2.36. The fourth-order valence-corrected chi connectivity index (χ4v) is 3.17. The van der Waals surface area contributed by atoms with Gasteiger partial charge in [-0.3, -0.25) is 14.8 Å². The highest BCUT2D eigenvalue weighted by Gasteiger charge is 2.14. The molecule has 0 bridgehead atoms. The van der Waals surface area contributed by atoms with E-state index in [1.54, 1.807) is 25.2 Å². The highest BCUT2D eigenvalue weighted by molar-refractivity contribution is 9.18. The molecule has 0 aromatic heterocycles. The van der Waals surface area contributed by atoms with Gasteiger partial charge in [0.1, 0.15) is 10.4 Å². The second-order valence-electron chi connectivity index (χ2n) is 5.38. The number of carbonyl (C=O) groups is 2. The maximum Gasteiger partial charge on any atom is 0.334 e. The first-order valence-electron chi connectivity index (χ1n) is 8.27. The van der Waals surface area contributed by atoms with E-state index in [4.69, 9.17) is 10.6 Å². The summed E-state index contributed by atoms with van der Waals surface area (Å²) >= 11 is 6.83. The third kappa shape index (κ3) is 10.4. The van der Waals surface area contributed by atoms with Crippen molar-refractivity contribution in [3.63, 3.8) is 0 Å². The average Bonchev–Trinajstić information content (AvgIpc) is 2.62. The number of aliphatic imine (C=N–C) groups is 1. The Morgan fingerprint density at radius 3 is 2.46 bits per heavy atom. The maximum absolute atomic E-state index is 11.4. The van der Waals surface area contributed by atoms with Crippen LogP contribution in [-0.2, 0) is 14.3 Å². The van der Waals surface area contributed by atoms with Crippen LogP contribution in [0.15, 0.2) is 63.8 Å². The molecule has 0 aromatic carbocycles. The van der Waals surface area contributed by atoms with Gasteiger partial charge >= 0.3 is 5.97 Å². The number of hydrogen-bond acceptors (Lipinski definition) is 6. The van der Waals surface area contributed by atoms with Crippen molar-refractivity contribution in [2.45, 2.75) is 20.3 Å². The number of aliphatic hydroxyl groups excluding tert-OH is 1. The Morgan fingerprint density at radius 1 is 1.32 bits per heavy atom. The largest absolute Gasteiger partial charge is 0.510 e. The second kappa shape index (κ2) is 14.1. The number of rotatable bonds is 11. The molecule has 28 heavy (non-hydrogen) atoms. The number of hydrogen-bond donors (Lipinski definition) is 2. The van der Waals surface area contributed by atoms with E-state index in [0.29, 0.717) is 21.1 Å². The zero-order valence-electron chi connectivity index (χ0n) is 16.0. The third-order valence-electron chi connectivity index (χ3n) is 3.22. The van der Waals surface area contributed by atoms with Gasteiger partial charge in [-0.2, -0.15) is 0 Å². The molecule has 1 amide bonds.